The number of hydrogen-bond acceptors (Lipinski definition) is 3. The second kappa shape index (κ2) is 7.62. The molecule has 1 radical (unpaired) electrons. The monoisotopic (exact) mass is 280 g/mol. The molecule has 1 aliphatic rings. The van der Waals surface area contributed by atoms with Gasteiger partial charge in [0, 0.05) is 13.1 Å². The van der Waals surface area contributed by atoms with Crippen molar-refractivity contribution in [3.8, 4) is 0 Å². The van der Waals surface area contributed by atoms with E-state index >= 15 is 0 Å². The largest absolute Gasteiger partial charge is 0.427 e. The van der Waals surface area contributed by atoms with E-state index in [1.807, 2.05) is 21.3 Å². The zero-order chi connectivity index (χ0) is 15.2. The summed E-state index contributed by atoms with van der Waals surface area (Å²) in [6.45, 7) is 13.0. The van der Waals surface area contributed by atoms with Gasteiger partial charge in [-0.05, 0) is 47.1 Å². The molecule has 115 valence electrons. The van der Waals surface area contributed by atoms with Crippen LogP contribution < -0.4 is 0 Å². The van der Waals surface area contributed by atoms with Crippen LogP contribution in [0.5, 0.6) is 0 Å². The first-order valence-electron chi connectivity index (χ1n) is 7.91. The van der Waals surface area contributed by atoms with E-state index in [1.54, 1.807) is 13.8 Å². The average Bonchev–Trinajstić information content (AvgIpc) is 2.37. The van der Waals surface area contributed by atoms with Gasteiger partial charge < -0.3 is 9.76 Å². The summed E-state index contributed by atoms with van der Waals surface area (Å²) in [6, 6.07) is 0. The van der Waals surface area contributed by atoms with Crippen molar-refractivity contribution in [2.75, 3.05) is 19.6 Å². The molecule has 0 aromatic heterocycles. The van der Waals surface area contributed by atoms with Crippen molar-refractivity contribution >= 4 is 7.48 Å². The molecule has 0 fully saturated rings. The lowest BCUT2D eigenvalue weighted by Crippen LogP contribution is -2.48. The molecule has 0 spiro atoms. The molecule has 0 unspecified atom stereocenters. The van der Waals surface area contributed by atoms with Gasteiger partial charge in [-0.15, -0.1) is 0 Å². The van der Waals surface area contributed by atoms with E-state index in [0.29, 0.717) is 0 Å². The van der Waals surface area contributed by atoms with Crippen LogP contribution in [0, 0.1) is 0 Å². The fraction of sp³-hybridized carbons (Fsp3) is 0.875. The molecule has 3 nitrogen and oxygen atoms in total. The molecule has 1 rings (SSSR count). The van der Waals surface area contributed by atoms with Gasteiger partial charge >= 0.3 is 7.48 Å². The predicted octanol–water partition coefficient (Wildman–Crippen LogP) is 2.95. The molecule has 0 aromatic carbocycles. The Bertz CT molecular complexity index is 321. The maximum Gasteiger partial charge on any atom is 0.326 e. The Kier molecular flexibility index (Phi) is 6.76. The number of nitrogens with zero attached hydrogens (tertiary/aromatic N) is 1. The van der Waals surface area contributed by atoms with Crippen LogP contribution in [0.1, 0.15) is 60.3 Å². The second-order valence-electron chi connectivity index (χ2n) is 6.84. The van der Waals surface area contributed by atoms with Crippen LogP contribution in [0.4, 0.5) is 0 Å². The lowest BCUT2D eigenvalue weighted by molar-refractivity contribution is -0.0897. The average molecular weight is 280 g/mol. The van der Waals surface area contributed by atoms with Gasteiger partial charge in [0.2, 0.25) is 0 Å². The Balaban J connectivity index is 2.33. The third kappa shape index (κ3) is 5.59. The molecule has 1 N–H and O–H groups in total. The summed E-state index contributed by atoms with van der Waals surface area (Å²) in [4.78, 5) is 2.49. The van der Waals surface area contributed by atoms with Gasteiger partial charge in [-0.2, -0.15) is 0 Å². The van der Waals surface area contributed by atoms with Gasteiger partial charge in [0.25, 0.3) is 0 Å². The third-order valence-electron chi connectivity index (χ3n) is 4.38. The molecule has 0 amide bonds. The third-order valence-corrected chi connectivity index (χ3v) is 4.38. The molecule has 0 aliphatic carbocycles. The molecule has 0 saturated carbocycles. The van der Waals surface area contributed by atoms with E-state index in [0.717, 1.165) is 19.5 Å². The molecule has 1 aliphatic heterocycles. The highest BCUT2D eigenvalue weighted by molar-refractivity contribution is 6.38. The van der Waals surface area contributed by atoms with Crippen LogP contribution >= 0.6 is 0 Å². The fourth-order valence-corrected chi connectivity index (χ4v) is 1.99. The molecule has 0 bridgehead atoms. The highest BCUT2D eigenvalue weighted by atomic mass is 16.5. The Morgan fingerprint density at radius 1 is 1.30 bits per heavy atom. The SMILES string of the molecule is CCCCCN1CC=C([B]OC(C)(C)C(C)(C)O)CC1. The number of hydrogen-bond donors (Lipinski definition) is 1. The molecule has 1 heterocycles. The Morgan fingerprint density at radius 2 is 2.00 bits per heavy atom. The number of unbranched alkanes of at least 4 members (excludes halogenated alkanes) is 2. The van der Waals surface area contributed by atoms with Gasteiger partial charge in [0.15, 0.2) is 0 Å². The zero-order valence-electron chi connectivity index (χ0n) is 13.9. The van der Waals surface area contributed by atoms with E-state index in [1.165, 1.54) is 31.3 Å². The van der Waals surface area contributed by atoms with Crippen molar-refractivity contribution in [1.82, 2.24) is 4.90 Å². The fourth-order valence-electron chi connectivity index (χ4n) is 1.99. The molecule has 0 saturated heterocycles. The molecule has 0 atom stereocenters. The molecule has 4 heteroatoms. The summed E-state index contributed by atoms with van der Waals surface area (Å²) >= 11 is 0. The summed E-state index contributed by atoms with van der Waals surface area (Å²) in [7, 11) is 1.83. The quantitative estimate of drug-likeness (QED) is 0.548. The van der Waals surface area contributed by atoms with Crippen molar-refractivity contribution < 1.29 is 9.76 Å². The number of aliphatic hydroxyl groups is 1. The van der Waals surface area contributed by atoms with E-state index in [9.17, 15) is 5.11 Å². The van der Waals surface area contributed by atoms with Crippen LogP contribution in [0.25, 0.3) is 0 Å². The van der Waals surface area contributed by atoms with Crippen molar-refractivity contribution in [3.05, 3.63) is 11.5 Å². The number of rotatable bonds is 8. The minimum atomic E-state index is -0.856. The minimum Gasteiger partial charge on any atom is -0.427 e. The summed E-state index contributed by atoms with van der Waals surface area (Å²) in [6.07, 6.45) is 7.18. The normalized spacial score (nSPS) is 18.0. The van der Waals surface area contributed by atoms with E-state index in [2.05, 4.69) is 17.9 Å². The molecule has 0 aromatic rings. The van der Waals surface area contributed by atoms with Crippen molar-refractivity contribution in [3.63, 3.8) is 0 Å². The smallest absolute Gasteiger partial charge is 0.326 e. The van der Waals surface area contributed by atoms with Gasteiger partial charge in [0.1, 0.15) is 0 Å². The maximum absolute atomic E-state index is 10.1. The van der Waals surface area contributed by atoms with Gasteiger partial charge in [-0.1, -0.05) is 31.3 Å². The molecule has 20 heavy (non-hydrogen) atoms. The zero-order valence-corrected chi connectivity index (χ0v) is 13.9. The van der Waals surface area contributed by atoms with Crippen LogP contribution in [0.2, 0.25) is 0 Å². The lowest BCUT2D eigenvalue weighted by Gasteiger charge is -2.38. The van der Waals surface area contributed by atoms with Crippen LogP contribution in [0.3, 0.4) is 0 Å². The van der Waals surface area contributed by atoms with Crippen LogP contribution in [0.15, 0.2) is 11.5 Å². The Hall–Kier alpha value is -0.315. The van der Waals surface area contributed by atoms with Crippen LogP contribution in [-0.2, 0) is 4.65 Å². The van der Waals surface area contributed by atoms with E-state index < -0.39 is 11.2 Å². The summed E-state index contributed by atoms with van der Waals surface area (Å²) in [5.74, 6) is 0. The summed E-state index contributed by atoms with van der Waals surface area (Å²) < 4.78 is 5.81. The van der Waals surface area contributed by atoms with Gasteiger partial charge in [-0.25, -0.2) is 0 Å². The first-order chi connectivity index (χ1) is 9.26. The first-order valence-corrected chi connectivity index (χ1v) is 7.91. The predicted molar refractivity (Wildman–Crippen MR) is 85.9 cm³/mol. The van der Waals surface area contributed by atoms with Crippen LogP contribution in [-0.4, -0.2) is 48.3 Å². The van der Waals surface area contributed by atoms with Crippen molar-refractivity contribution in [2.45, 2.75) is 71.5 Å². The lowest BCUT2D eigenvalue weighted by atomic mass is 9.79. The Morgan fingerprint density at radius 3 is 2.50 bits per heavy atom. The summed E-state index contributed by atoms with van der Waals surface area (Å²) in [5.41, 5.74) is -0.189. The van der Waals surface area contributed by atoms with E-state index in [4.69, 9.17) is 4.65 Å². The highest BCUT2D eigenvalue weighted by Crippen LogP contribution is 2.25. The maximum atomic E-state index is 10.1. The minimum absolute atomic E-state index is 0.577. The molecular formula is C16H31BNO2. The van der Waals surface area contributed by atoms with Crippen molar-refractivity contribution in [2.24, 2.45) is 0 Å². The standard InChI is InChI=1S/C16H31BNO2/c1-6-7-8-11-18-12-9-14(10-13-18)17-20-16(4,5)15(2,3)19/h9,19H,6-8,10-13H2,1-5H3. The highest BCUT2D eigenvalue weighted by Gasteiger charge is 2.35. The summed E-state index contributed by atoms with van der Waals surface area (Å²) in [5, 5.41) is 10.1. The topological polar surface area (TPSA) is 32.7 Å². The van der Waals surface area contributed by atoms with E-state index in [-0.39, 0.29) is 0 Å². The van der Waals surface area contributed by atoms with Gasteiger partial charge in [0.05, 0.1) is 11.2 Å². The second-order valence-corrected chi connectivity index (χ2v) is 6.84. The first kappa shape index (κ1) is 17.7. The van der Waals surface area contributed by atoms with Gasteiger partial charge in [-0.3, -0.25) is 4.90 Å². The Labute approximate surface area is 125 Å². The molecular weight excluding hydrogens is 249 g/mol. The van der Waals surface area contributed by atoms with Crippen molar-refractivity contribution in [1.29, 1.82) is 0 Å².